The fourth-order valence-corrected chi connectivity index (χ4v) is 3.19. The maximum atomic E-state index is 13.2. The molecule has 0 aliphatic heterocycles. The van der Waals surface area contributed by atoms with Gasteiger partial charge in [-0.15, -0.1) is 0 Å². The van der Waals surface area contributed by atoms with Gasteiger partial charge in [-0.2, -0.15) is 0 Å². The quantitative estimate of drug-likeness (QED) is 0.520. The van der Waals surface area contributed by atoms with Gasteiger partial charge >= 0.3 is 0 Å². The van der Waals surface area contributed by atoms with Crippen LogP contribution in [0.1, 0.15) is 39.4 Å². The molecular weight excluding hydrogens is 368 g/mol. The lowest BCUT2D eigenvalue weighted by Gasteiger charge is -2.12. The zero-order valence-electron chi connectivity index (χ0n) is 17.3. The van der Waals surface area contributed by atoms with Crippen LogP contribution in [0.5, 0.6) is 5.75 Å². The van der Waals surface area contributed by atoms with E-state index in [9.17, 15) is 9.90 Å². The van der Waals surface area contributed by atoms with Gasteiger partial charge in [0.05, 0.1) is 16.4 Å². The Morgan fingerprint density at radius 3 is 2.34 bits per heavy atom. The summed E-state index contributed by atoms with van der Waals surface area (Å²) in [5.74, 6) is 1.23. The van der Waals surface area contributed by atoms with E-state index >= 15 is 0 Å². The van der Waals surface area contributed by atoms with E-state index in [4.69, 9.17) is 9.52 Å². The predicted octanol–water partition coefficient (Wildman–Crippen LogP) is 4.56. The second-order valence-electron chi connectivity index (χ2n) is 7.58. The monoisotopic (exact) mass is 394 g/mol. The lowest BCUT2D eigenvalue weighted by Crippen LogP contribution is -2.12. The maximum Gasteiger partial charge on any atom is 0.203 e. The first-order chi connectivity index (χ1) is 13.7. The Kier molecular flexibility index (Phi) is 5.75. The van der Waals surface area contributed by atoms with Crippen LogP contribution in [0.2, 0.25) is 0 Å². The third-order valence-electron chi connectivity index (χ3n) is 4.44. The van der Waals surface area contributed by atoms with Crippen molar-refractivity contribution in [2.24, 2.45) is 7.05 Å². The second-order valence-corrected chi connectivity index (χ2v) is 7.58. The first-order valence-electron chi connectivity index (χ1n) is 9.60. The van der Waals surface area contributed by atoms with Crippen LogP contribution < -0.4 is 5.43 Å². The number of para-hydroxylation sites is 2. The lowest BCUT2D eigenvalue weighted by atomic mass is 10.0. The van der Waals surface area contributed by atoms with Crippen LogP contribution in [0.4, 0.5) is 0 Å². The van der Waals surface area contributed by atoms with E-state index in [0.717, 1.165) is 11.0 Å². The molecule has 2 N–H and O–H groups in total. The van der Waals surface area contributed by atoms with E-state index < -0.39 is 0 Å². The molecule has 0 amide bonds. The van der Waals surface area contributed by atoms with Crippen LogP contribution in [0.25, 0.3) is 33.4 Å². The highest BCUT2D eigenvalue weighted by Crippen LogP contribution is 2.31. The molecule has 2 aromatic heterocycles. The van der Waals surface area contributed by atoms with Gasteiger partial charge in [-0.3, -0.25) is 4.79 Å². The molecular formula is C23H26N2O4. The highest BCUT2D eigenvalue weighted by Gasteiger charge is 2.23. The minimum Gasteiger partial charge on any atom is -0.508 e. The fraction of sp³-hybridized carbons (Fsp3) is 0.304. The summed E-state index contributed by atoms with van der Waals surface area (Å²) >= 11 is 0. The average molecular weight is 394 g/mol. The second kappa shape index (κ2) is 8.09. The molecule has 0 radical (unpaired) electrons. The van der Waals surface area contributed by atoms with Crippen LogP contribution >= 0.6 is 0 Å². The zero-order valence-corrected chi connectivity index (χ0v) is 17.3. The van der Waals surface area contributed by atoms with Gasteiger partial charge in [0.1, 0.15) is 28.5 Å². The van der Waals surface area contributed by atoms with Gasteiger partial charge < -0.3 is 19.2 Å². The predicted molar refractivity (Wildman–Crippen MR) is 115 cm³/mol. The van der Waals surface area contributed by atoms with Gasteiger partial charge in [0.2, 0.25) is 5.43 Å². The van der Waals surface area contributed by atoms with E-state index in [1.165, 1.54) is 12.1 Å². The molecule has 2 aromatic carbocycles. The molecule has 0 fully saturated rings. The van der Waals surface area contributed by atoms with Crippen molar-refractivity contribution in [2.75, 3.05) is 0 Å². The van der Waals surface area contributed by atoms with Crippen LogP contribution in [0.15, 0.2) is 51.7 Å². The van der Waals surface area contributed by atoms with Gasteiger partial charge in [-0.05, 0) is 38.1 Å². The molecule has 6 nitrogen and oxygen atoms in total. The van der Waals surface area contributed by atoms with Gasteiger partial charge in [0.15, 0.2) is 0 Å². The van der Waals surface area contributed by atoms with Crippen molar-refractivity contribution < 1.29 is 14.6 Å². The topological polar surface area (TPSA) is 88.5 Å². The van der Waals surface area contributed by atoms with Crippen molar-refractivity contribution in [3.63, 3.8) is 0 Å². The summed E-state index contributed by atoms with van der Waals surface area (Å²) in [6.07, 6.45) is -0.167. The molecule has 0 spiro atoms. The largest absolute Gasteiger partial charge is 0.508 e. The molecule has 0 saturated heterocycles. The third-order valence-corrected chi connectivity index (χ3v) is 4.44. The molecule has 0 unspecified atom stereocenters. The van der Waals surface area contributed by atoms with E-state index in [1.807, 2.05) is 49.7 Å². The molecule has 2 heterocycles. The molecule has 152 valence electrons. The van der Waals surface area contributed by atoms with Crippen molar-refractivity contribution in [3.05, 3.63) is 58.4 Å². The summed E-state index contributed by atoms with van der Waals surface area (Å²) in [5.41, 5.74) is 2.52. The Labute approximate surface area is 169 Å². The number of aliphatic hydroxyl groups is 1. The minimum absolute atomic E-state index is 0.00531. The minimum atomic E-state index is -0.167. The number of fused-ring (bicyclic) bond motifs is 2. The van der Waals surface area contributed by atoms with Crippen molar-refractivity contribution in [2.45, 2.75) is 39.7 Å². The molecule has 0 bridgehead atoms. The third kappa shape index (κ3) is 4.03. The number of phenolic OH excluding ortho intramolecular Hbond substituents is 1. The van der Waals surface area contributed by atoms with Crippen LogP contribution in [-0.4, -0.2) is 25.9 Å². The number of aromatic hydroxyl groups is 1. The number of aromatic nitrogens is 2. The highest BCUT2D eigenvalue weighted by atomic mass is 16.3. The standard InChI is InChI=1S/C20H18N2O3.C3H8O/c1-11(2)19-17(18(24)13-9-8-12(23)10-16(13)25-19)20-21-14-6-4-5-7-15(14)22(20)3;1-3(2)4/h4-11,23H,1-3H3;3-4H,1-2H3. The number of phenols is 1. The smallest absolute Gasteiger partial charge is 0.203 e. The van der Waals surface area contributed by atoms with Crippen molar-refractivity contribution >= 4 is 22.0 Å². The molecule has 0 aliphatic carbocycles. The van der Waals surface area contributed by atoms with Crippen LogP contribution in [-0.2, 0) is 7.05 Å². The summed E-state index contributed by atoms with van der Waals surface area (Å²) < 4.78 is 7.92. The Morgan fingerprint density at radius 1 is 1.07 bits per heavy atom. The summed E-state index contributed by atoms with van der Waals surface area (Å²) in [7, 11) is 1.90. The number of rotatable bonds is 2. The van der Waals surface area contributed by atoms with Gasteiger partial charge in [-0.25, -0.2) is 4.98 Å². The first kappa shape index (κ1) is 20.6. The normalized spacial score (nSPS) is 11.3. The maximum absolute atomic E-state index is 13.2. The van der Waals surface area contributed by atoms with Crippen LogP contribution in [0, 0.1) is 0 Å². The number of aliphatic hydroxyl groups excluding tert-OH is 1. The Bertz CT molecular complexity index is 1220. The number of hydrogen-bond donors (Lipinski definition) is 2. The Hall–Kier alpha value is -3.12. The SMILES string of the molecule is CC(C)O.CC(C)c1oc2cc(O)ccc2c(=O)c1-c1nc2ccccc2n1C. The summed E-state index contributed by atoms with van der Waals surface area (Å²) in [6, 6.07) is 12.3. The fourth-order valence-electron chi connectivity index (χ4n) is 3.19. The van der Waals surface area contributed by atoms with E-state index in [0.29, 0.717) is 28.1 Å². The number of aryl methyl sites for hydroxylation is 1. The molecule has 4 aromatic rings. The van der Waals surface area contributed by atoms with Crippen molar-refractivity contribution in [1.82, 2.24) is 9.55 Å². The molecule has 29 heavy (non-hydrogen) atoms. The van der Waals surface area contributed by atoms with Crippen molar-refractivity contribution in [1.29, 1.82) is 0 Å². The number of benzene rings is 2. The lowest BCUT2D eigenvalue weighted by molar-refractivity contribution is 0.216. The molecule has 0 saturated carbocycles. The molecule has 0 aliphatic rings. The Morgan fingerprint density at radius 2 is 1.72 bits per heavy atom. The Balaban J connectivity index is 0.000000552. The molecule has 0 atom stereocenters. The number of hydrogen-bond acceptors (Lipinski definition) is 5. The van der Waals surface area contributed by atoms with E-state index in [-0.39, 0.29) is 23.2 Å². The number of nitrogens with zero attached hydrogens (tertiary/aromatic N) is 2. The summed E-state index contributed by atoms with van der Waals surface area (Å²) in [5, 5.41) is 18.2. The number of imidazole rings is 1. The van der Waals surface area contributed by atoms with Crippen molar-refractivity contribution in [3.8, 4) is 17.1 Å². The van der Waals surface area contributed by atoms with Gasteiger partial charge in [-0.1, -0.05) is 26.0 Å². The summed E-state index contributed by atoms with van der Waals surface area (Å²) in [6.45, 7) is 7.39. The van der Waals surface area contributed by atoms with Gasteiger partial charge in [0.25, 0.3) is 0 Å². The van der Waals surface area contributed by atoms with Gasteiger partial charge in [0, 0.05) is 25.1 Å². The molecule has 4 rings (SSSR count). The summed E-state index contributed by atoms with van der Waals surface area (Å²) in [4.78, 5) is 17.9. The zero-order chi connectivity index (χ0) is 21.3. The van der Waals surface area contributed by atoms with E-state index in [2.05, 4.69) is 4.98 Å². The van der Waals surface area contributed by atoms with E-state index in [1.54, 1.807) is 19.9 Å². The highest BCUT2D eigenvalue weighted by molar-refractivity contribution is 5.86. The average Bonchev–Trinajstić information content (AvgIpc) is 2.97. The molecule has 6 heteroatoms. The first-order valence-corrected chi connectivity index (χ1v) is 9.60. The van der Waals surface area contributed by atoms with Crippen LogP contribution in [0.3, 0.4) is 0 Å².